The Morgan fingerprint density at radius 2 is 1.41 bits per heavy atom. The van der Waals surface area contributed by atoms with Crippen LogP contribution in [0.4, 0.5) is 4.79 Å². The van der Waals surface area contributed by atoms with E-state index >= 15 is 0 Å². The molecule has 0 atom stereocenters. The third kappa shape index (κ3) is 4.46. The summed E-state index contributed by atoms with van der Waals surface area (Å²) >= 11 is 5.29. The molecule has 0 saturated heterocycles. The number of carbonyl (C=O) groups excluding carboxylic acids is 1. The fourth-order valence-electron chi connectivity index (χ4n) is 3.66. The second kappa shape index (κ2) is 8.88. The lowest BCUT2D eigenvalue weighted by Crippen LogP contribution is -2.36. The maximum Gasteiger partial charge on any atom is 0.407 e. The Morgan fingerprint density at radius 3 is 2.07 bits per heavy atom. The lowest BCUT2D eigenvalue weighted by Gasteiger charge is -2.15. The molecule has 1 aliphatic carbocycles. The first kappa shape index (κ1) is 19.2. The van der Waals surface area contributed by atoms with Crippen LogP contribution >= 0.6 is 12.2 Å². The van der Waals surface area contributed by atoms with E-state index in [0.29, 0.717) is 18.1 Å². The Balaban J connectivity index is 1.28. The van der Waals surface area contributed by atoms with Crippen molar-refractivity contribution in [2.45, 2.75) is 12.5 Å². The minimum Gasteiger partial charge on any atom is -0.449 e. The molecule has 146 valence electrons. The van der Waals surface area contributed by atoms with Crippen molar-refractivity contribution in [2.24, 2.45) is 0 Å². The van der Waals surface area contributed by atoms with Crippen molar-refractivity contribution in [1.29, 1.82) is 0 Å². The SMILES string of the molecule is O=C(NCC(=S)NCc1ccccc1)OCC1c2ccccc2-c2ccccc21. The van der Waals surface area contributed by atoms with Crippen LogP contribution in [0.1, 0.15) is 22.6 Å². The van der Waals surface area contributed by atoms with E-state index in [0.717, 1.165) is 5.56 Å². The summed E-state index contributed by atoms with van der Waals surface area (Å²) < 4.78 is 5.52. The van der Waals surface area contributed by atoms with Gasteiger partial charge in [0.25, 0.3) is 0 Å². The van der Waals surface area contributed by atoms with Crippen LogP contribution in [0, 0.1) is 0 Å². The van der Waals surface area contributed by atoms with Crippen molar-refractivity contribution < 1.29 is 9.53 Å². The zero-order valence-electron chi connectivity index (χ0n) is 15.9. The number of hydrogen-bond acceptors (Lipinski definition) is 3. The lowest BCUT2D eigenvalue weighted by molar-refractivity contribution is 0.144. The smallest absolute Gasteiger partial charge is 0.407 e. The van der Waals surface area contributed by atoms with Gasteiger partial charge >= 0.3 is 6.09 Å². The van der Waals surface area contributed by atoms with Gasteiger partial charge in [0.1, 0.15) is 6.61 Å². The second-order valence-corrected chi connectivity index (χ2v) is 7.43. The third-order valence-corrected chi connectivity index (χ3v) is 5.36. The van der Waals surface area contributed by atoms with Crippen LogP contribution in [0.15, 0.2) is 78.9 Å². The molecule has 29 heavy (non-hydrogen) atoms. The highest BCUT2D eigenvalue weighted by Gasteiger charge is 2.28. The van der Waals surface area contributed by atoms with Gasteiger partial charge < -0.3 is 15.4 Å². The predicted molar refractivity (Wildman–Crippen MR) is 119 cm³/mol. The molecule has 1 aliphatic rings. The number of ether oxygens (including phenoxy) is 1. The number of benzene rings is 3. The molecule has 5 heteroatoms. The van der Waals surface area contributed by atoms with Gasteiger partial charge in [0, 0.05) is 12.5 Å². The van der Waals surface area contributed by atoms with E-state index in [9.17, 15) is 4.79 Å². The second-order valence-electron chi connectivity index (χ2n) is 6.94. The number of rotatable bonds is 6. The molecule has 0 fully saturated rings. The van der Waals surface area contributed by atoms with Gasteiger partial charge in [0.2, 0.25) is 0 Å². The average molecular weight is 403 g/mol. The zero-order chi connectivity index (χ0) is 20.1. The molecule has 0 unspecified atom stereocenters. The summed E-state index contributed by atoms with van der Waals surface area (Å²) in [5.74, 6) is 0.0521. The highest BCUT2D eigenvalue weighted by molar-refractivity contribution is 7.80. The maximum atomic E-state index is 12.2. The fraction of sp³-hybridized carbons (Fsp3) is 0.167. The average Bonchev–Trinajstić information content (AvgIpc) is 3.09. The summed E-state index contributed by atoms with van der Waals surface area (Å²) in [6.07, 6.45) is -0.462. The van der Waals surface area contributed by atoms with Crippen LogP contribution in [-0.4, -0.2) is 24.2 Å². The molecule has 0 radical (unpaired) electrons. The molecule has 1 amide bonds. The predicted octanol–water partition coefficient (Wildman–Crippen LogP) is 4.64. The van der Waals surface area contributed by atoms with Crippen LogP contribution in [0.25, 0.3) is 11.1 Å². The zero-order valence-corrected chi connectivity index (χ0v) is 16.7. The minimum absolute atomic E-state index is 0.0521. The molecule has 3 aromatic carbocycles. The van der Waals surface area contributed by atoms with E-state index in [2.05, 4.69) is 34.9 Å². The van der Waals surface area contributed by atoms with Gasteiger partial charge in [0.05, 0.1) is 11.5 Å². The highest BCUT2D eigenvalue weighted by Crippen LogP contribution is 2.44. The van der Waals surface area contributed by atoms with Gasteiger partial charge in [-0.3, -0.25) is 0 Å². The lowest BCUT2D eigenvalue weighted by atomic mass is 9.98. The van der Waals surface area contributed by atoms with Crippen molar-refractivity contribution >= 4 is 23.3 Å². The van der Waals surface area contributed by atoms with Crippen molar-refractivity contribution in [1.82, 2.24) is 10.6 Å². The summed E-state index contributed by atoms with van der Waals surface area (Å²) in [4.78, 5) is 12.8. The van der Waals surface area contributed by atoms with Crippen molar-refractivity contribution in [2.75, 3.05) is 13.2 Å². The Bertz CT molecular complexity index is 975. The molecule has 0 spiro atoms. The molecule has 0 aromatic heterocycles. The van der Waals surface area contributed by atoms with Gasteiger partial charge in [-0.05, 0) is 27.8 Å². The number of nitrogens with one attached hydrogen (secondary N) is 2. The van der Waals surface area contributed by atoms with Gasteiger partial charge in [-0.15, -0.1) is 0 Å². The van der Waals surface area contributed by atoms with Crippen molar-refractivity contribution in [3.05, 3.63) is 95.6 Å². The molecule has 3 aromatic rings. The molecule has 0 aliphatic heterocycles. The van der Waals surface area contributed by atoms with E-state index in [1.807, 2.05) is 54.6 Å². The standard InChI is InChI=1S/C24H22N2O2S/c27-24(26-15-23(29)25-14-17-8-2-1-3-9-17)28-16-22-20-12-6-4-10-18(20)19-11-5-7-13-21(19)22/h1-13,22H,14-16H2,(H,25,29)(H,26,27). The fourth-order valence-corrected chi connectivity index (χ4v) is 3.81. The van der Waals surface area contributed by atoms with Crippen LogP contribution < -0.4 is 10.6 Å². The van der Waals surface area contributed by atoms with Gasteiger partial charge in [0.15, 0.2) is 0 Å². The first-order valence-corrected chi connectivity index (χ1v) is 10.0. The summed E-state index contributed by atoms with van der Waals surface area (Å²) in [5.41, 5.74) is 5.95. The molecule has 0 bridgehead atoms. The first-order chi connectivity index (χ1) is 14.2. The monoisotopic (exact) mass is 402 g/mol. The quantitative estimate of drug-likeness (QED) is 0.590. The van der Waals surface area contributed by atoms with Crippen molar-refractivity contribution in [3.8, 4) is 11.1 Å². The van der Waals surface area contributed by atoms with E-state index in [-0.39, 0.29) is 12.5 Å². The summed E-state index contributed by atoms with van der Waals surface area (Å²) in [6.45, 7) is 1.18. The van der Waals surface area contributed by atoms with Gasteiger partial charge in [-0.2, -0.15) is 0 Å². The molecule has 0 heterocycles. The third-order valence-electron chi connectivity index (χ3n) is 5.07. The molecular weight excluding hydrogens is 380 g/mol. The van der Waals surface area contributed by atoms with Crippen molar-refractivity contribution in [3.63, 3.8) is 0 Å². The van der Waals surface area contributed by atoms with Crippen LogP contribution in [0.2, 0.25) is 0 Å². The number of carbonyl (C=O) groups is 1. The molecule has 4 nitrogen and oxygen atoms in total. The van der Waals surface area contributed by atoms with Gasteiger partial charge in [-0.25, -0.2) is 4.79 Å². The number of hydrogen-bond donors (Lipinski definition) is 2. The topological polar surface area (TPSA) is 50.4 Å². The van der Waals surface area contributed by atoms with Gasteiger partial charge in [-0.1, -0.05) is 91.1 Å². The van der Waals surface area contributed by atoms with Crippen LogP contribution in [0.5, 0.6) is 0 Å². The first-order valence-electron chi connectivity index (χ1n) is 9.62. The maximum absolute atomic E-state index is 12.2. The summed E-state index contributed by atoms with van der Waals surface area (Å²) in [7, 11) is 0. The molecular formula is C24H22N2O2S. The molecule has 4 rings (SSSR count). The molecule has 0 saturated carbocycles. The van der Waals surface area contributed by atoms with Crippen LogP contribution in [0.3, 0.4) is 0 Å². The van der Waals surface area contributed by atoms with Crippen LogP contribution in [-0.2, 0) is 11.3 Å². The largest absolute Gasteiger partial charge is 0.449 e. The minimum atomic E-state index is -0.462. The Morgan fingerprint density at radius 1 is 0.828 bits per heavy atom. The number of amides is 1. The molecule has 2 N–H and O–H groups in total. The number of alkyl carbamates (subject to hydrolysis) is 1. The van der Waals surface area contributed by atoms with E-state index < -0.39 is 6.09 Å². The summed E-state index contributed by atoms with van der Waals surface area (Å²) in [5, 5.41) is 5.86. The highest BCUT2D eigenvalue weighted by atomic mass is 32.1. The number of thiocarbonyl (C=S) groups is 1. The Kier molecular flexibility index (Phi) is 5.86. The Labute approximate surface area is 175 Å². The normalized spacial score (nSPS) is 12.0. The summed E-state index contributed by atoms with van der Waals surface area (Å²) in [6, 6.07) is 26.5. The van der Waals surface area contributed by atoms with E-state index in [4.69, 9.17) is 17.0 Å². The van der Waals surface area contributed by atoms with E-state index in [1.165, 1.54) is 22.3 Å². The number of fused-ring (bicyclic) bond motifs is 3. The van der Waals surface area contributed by atoms with E-state index in [1.54, 1.807) is 0 Å². The Hall–Kier alpha value is -3.18.